The highest BCUT2D eigenvalue weighted by Gasteiger charge is 2.14. The highest BCUT2D eigenvalue weighted by Crippen LogP contribution is 2.19. The first-order chi connectivity index (χ1) is 13.7. The fourth-order valence-electron chi connectivity index (χ4n) is 3.48. The third-order valence-corrected chi connectivity index (χ3v) is 5.19. The number of carbonyl (C=O) groups excluding carboxylic acids is 1. The van der Waals surface area contributed by atoms with E-state index in [1.165, 1.54) is 16.3 Å². The lowest BCUT2D eigenvalue weighted by Crippen LogP contribution is -2.26. The van der Waals surface area contributed by atoms with E-state index in [9.17, 15) is 9.59 Å². The van der Waals surface area contributed by atoms with Crippen LogP contribution in [0, 0.1) is 26.7 Å². The van der Waals surface area contributed by atoms with Gasteiger partial charge in [0.05, 0.1) is 5.69 Å². The maximum Gasteiger partial charge on any atom is 0.267 e. The molecule has 0 saturated heterocycles. The molecular formula is C25H28N2O2. The van der Waals surface area contributed by atoms with Gasteiger partial charge in [-0.1, -0.05) is 44.2 Å². The normalized spacial score (nSPS) is 11.1. The van der Waals surface area contributed by atoms with Crippen LogP contribution in [0.2, 0.25) is 0 Å². The van der Waals surface area contributed by atoms with Gasteiger partial charge in [0.2, 0.25) is 0 Å². The molecule has 0 N–H and O–H groups in total. The molecule has 0 unspecified atom stereocenters. The smallest absolute Gasteiger partial charge is 0.267 e. The van der Waals surface area contributed by atoms with Crippen LogP contribution in [-0.4, -0.2) is 15.6 Å². The molecule has 0 bridgehead atoms. The van der Waals surface area contributed by atoms with E-state index in [0.29, 0.717) is 17.2 Å². The van der Waals surface area contributed by atoms with Crippen LogP contribution >= 0.6 is 0 Å². The van der Waals surface area contributed by atoms with Crippen LogP contribution in [0.3, 0.4) is 0 Å². The minimum atomic E-state index is -0.278. The number of ketones is 1. The summed E-state index contributed by atoms with van der Waals surface area (Å²) in [6.07, 6.45) is 1.02. The van der Waals surface area contributed by atoms with Crippen LogP contribution in [0.5, 0.6) is 0 Å². The van der Waals surface area contributed by atoms with E-state index in [-0.39, 0.29) is 17.9 Å². The first-order valence-electron chi connectivity index (χ1n) is 10.0. The van der Waals surface area contributed by atoms with E-state index in [2.05, 4.69) is 31.1 Å². The highest BCUT2D eigenvalue weighted by molar-refractivity contribution is 5.97. The second-order valence-electron chi connectivity index (χ2n) is 8.18. The van der Waals surface area contributed by atoms with Gasteiger partial charge in [0.15, 0.2) is 5.78 Å². The van der Waals surface area contributed by atoms with Crippen LogP contribution < -0.4 is 5.56 Å². The van der Waals surface area contributed by atoms with Gasteiger partial charge >= 0.3 is 0 Å². The zero-order valence-corrected chi connectivity index (χ0v) is 17.8. The molecule has 0 aliphatic heterocycles. The summed E-state index contributed by atoms with van der Waals surface area (Å²) in [4.78, 5) is 25.1. The third-order valence-electron chi connectivity index (χ3n) is 5.19. The van der Waals surface area contributed by atoms with Crippen molar-refractivity contribution in [2.24, 2.45) is 5.92 Å². The monoisotopic (exact) mass is 388 g/mol. The topological polar surface area (TPSA) is 52.0 Å². The number of benzene rings is 2. The second-order valence-corrected chi connectivity index (χ2v) is 8.18. The minimum Gasteiger partial charge on any atom is -0.292 e. The molecule has 0 aliphatic carbocycles. The van der Waals surface area contributed by atoms with Crippen molar-refractivity contribution in [1.29, 1.82) is 0 Å². The van der Waals surface area contributed by atoms with Gasteiger partial charge in [-0.25, -0.2) is 4.68 Å². The van der Waals surface area contributed by atoms with Crippen molar-refractivity contribution in [2.45, 2.75) is 47.6 Å². The molecule has 29 heavy (non-hydrogen) atoms. The standard InChI is InChI=1S/C25H28N2O2/c1-16(2)12-20-6-8-21(9-7-20)23-10-11-25(29)27(26-23)15-24(28)22-14-18(4)17(3)13-19(22)5/h6-11,13-14,16H,12,15H2,1-5H3. The van der Waals surface area contributed by atoms with E-state index in [1.54, 1.807) is 6.07 Å². The Labute approximate surface area is 172 Å². The quantitative estimate of drug-likeness (QED) is 0.563. The molecule has 0 radical (unpaired) electrons. The van der Waals surface area contributed by atoms with E-state index in [1.807, 2.05) is 45.0 Å². The second kappa shape index (κ2) is 8.56. The minimum absolute atomic E-state index is 0.0680. The van der Waals surface area contributed by atoms with Crippen LogP contribution in [0.25, 0.3) is 11.3 Å². The fourth-order valence-corrected chi connectivity index (χ4v) is 3.48. The average Bonchev–Trinajstić information content (AvgIpc) is 2.66. The van der Waals surface area contributed by atoms with Gasteiger partial charge in [-0.3, -0.25) is 9.59 Å². The van der Waals surface area contributed by atoms with Gasteiger partial charge in [0.1, 0.15) is 6.54 Å². The van der Waals surface area contributed by atoms with E-state index in [0.717, 1.165) is 28.7 Å². The van der Waals surface area contributed by atoms with Crippen molar-refractivity contribution in [2.75, 3.05) is 0 Å². The predicted octanol–water partition coefficient (Wildman–Crippen LogP) is 4.92. The maximum absolute atomic E-state index is 12.8. The van der Waals surface area contributed by atoms with Crippen molar-refractivity contribution in [3.05, 3.63) is 86.7 Å². The van der Waals surface area contributed by atoms with Gasteiger partial charge in [0.25, 0.3) is 5.56 Å². The SMILES string of the molecule is Cc1cc(C)c(C(=O)Cn2nc(-c3ccc(CC(C)C)cc3)ccc2=O)cc1C. The summed E-state index contributed by atoms with van der Waals surface area (Å²) in [5.74, 6) is 0.491. The number of nitrogens with zero attached hydrogens (tertiary/aromatic N) is 2. The molecule has 0 atom stereocenters. The van der Waals surface area contributed by atoms with Crippen LogP contribution in [0.1, 0.15) is 46.5 Å². The molecule has 1 heterocycles. The molecule has 2 aromatic carbocycles. The molecule has 4 heteroatoms. The van der Waals surface area contributed by atoms with E-state index >= 15 is 0 Å². The summed E-state index contributed by atoms with van der Waals surface area (Å²) >= 11 is 0. The third kappa shape index (κ3) is 4.89. The van der Waals surface area contributed by atoms with E-state index in [4.69, 9.17) is 0 Å². The Morgan fingerprint density at radius 1 is 0.931 bits per heavy atom. The molecule has 1 aromatic heterocycles. The van der Waals surface area contributed by atoms with Crippen molar-refractivity contribution >= 4 is 5.78 Å². The molecule has 150 valence electrons. The number of Topliss-reactive ketones (excluding diaryl/α,β-unsaturated/α-hetero) is 1. The van der Waals surface area contributed by atoms with Gasteiger partial charge in [-0.05, 0) is 67.5 Å². The average molecular weight is 389 g/mol. The molecule has 0 fully saturated rings. The van der Waals surface area contributed by atoms with Gasteiger partial charge < -0.3 is 0 Å². The van der Waals surface area contributed by atoms with Crippen LogP contribution in [-0.2, 0) is 13.0 Å². The van der Waals surface area contributed by atoms with Crippen molar-refractivity contribution in [3.63, 3.8) is 0 Å². The first kappa shape index (κ1) is 20.7. The Balaban J connectivity index is 1.87. The van der Waals surface area contributed by atoms with Crippen molar-refractivity contribution < 1.29 is 4.79 Å². The summed E-state index contributed by atoms with van der Waals surface area (Å²) in [5.41, 5.74) is 6.39. The zero-order chi connectivity index (χ0) is 21.1. The molecule has 0 saturated carbocycles. The summed E-state index contributed by atoms with van der Waals surface area (Å²) in [7, 11) is 0. The predicted molar refractivity (Wildman–Crippen MR) is 117 cm³/mol. The number of hydrogen-bond donors (Lipinski definition) is 0. The molecule has 0 aliphatic rings. The lowest BCUT2D eigenvalue weighted by molar-refractivity contribution is 0.0965. The summed E-state index contributed by atoms with van der Waals surface area (Å²) in [5, 5.41) is 4.45. The Morgan fingerprint density at radius 2 is 1.59 bits per heavy atom. The van der Waals surface area contributed by atoms with Crippen molar-refractivity contribution in [3.8, 4) is 11.3 Å². The molecule has 3 rings (SSSR count). The van der Waals surface area contributed by atoms with Gasteiger partial charge in [0, 0.05) is 17.2 Å². The first-order valence-corrected chi connectivity index (χ1v) is 10.0. The lowest BCUT2D eigenvalue weighted by atomic mass is 9.98. The number of aryl methyl sites for hydroxylation is 3. The molecule has 4 nitrogen and oxygen atoms in total. The highest BCUT2D eigenvalue weighted by atomic mass is 16.1. The number of aromatic nitrogens is 2. The summed E-state index contributed by atoms with van der Waals surface area (Å²) in [6.45, 7) is 10.3. The Hall–Kier alpha value is -3.01. The molecule has 3 aromatic rings. The van der Waals surface area contributed by atoms with Gasteiger partial charge in [-0.2, -0.15) is 5.10 Å². The number of hydrogen-bond acceptors (Lipinski definition) is 3. The number of rotatable bonds is 6. The zero-order valence-electron chi connectivity index (χ0n) is 17.8. The van der Waals surface area contributed by atoms with E-state index < -0.39 is 0 Å². The maximum atomic E-state index is 12.8. The fraction of sp³-hybridized carbons (Fsp3) is 0.320. The van der Waals surface area contributed by atoms with Crippen LogP contribution in [0.4, 0.5) is 0 Å². The van der Waals surface area contributed by atoms with Gasteiger partial charge in [-0.15, -0.1) is 0 Å². The lowest BCUT2D eigenvalue weighted by Gasteiger charge is -2.11. The molecular weight excluding hydrogens is 360 g/mol. The molecule has 0 amide bonds. The molecule has 0 spiro atoms. The Bertz CT molecular complexity index is 1090. The van der Waals surface area contributed by atoms with Crippen LogP contribution in [0.15, 0.2) is 53.3 Å². The largest absolute Gasteiger partial charge is 0.292 e. The van der Waals surface area contributed by atoms with Crippen molar-refractivity contribution in [1.82, 2.24) is 9.78 Å². The summed E-state index contributed by atoms with van der Waals surface area (Å²) in [6, 6.07) is 15.3. The Kier molecular flexibility index (Phi) is 6.12. The summed E-state index contributed by atoms with van der Waals surface area (Å²) < 4.78 is 1.26. The number of carbonyl (C=O) groups is 1. The Morgan fingerprint density at radius 3 is 2.24 bits per heavy atom.